The van der Waals surface area contributed by atoms with Gasteiger partial charge in [0.15, 0.2) is 0 Å². The molecule has 3 nitrogen and oxygen atoms in total. The first-order chi connectivity index (χ1) is 8.11. The lowest BCUT2D eigenvalue weighted by molar-refractivity contribution is 0.0601. The van der Waals surface area contributed by atoms with Gasteiger partial charge in [0.1, 0.15) is 0 Å². The highest BCUT2D eigenvalue weighted by Crippen LogP contribution is 2.23. The third-order valence-electron chi connectivity index (χ3n) is 3.06. The highest BCUT2D eigenvalue weighted by molar-refractivity contribution is 5.95. The van der Waals surface area contributed by atoms with Gasteiger partial charge < -0.3 is 9.64 Å². The first-order valence-electron chi connectivity index (χ1n) is 6.02. The second-order valence-electron chi connectivity index (χ2n) is 4.26. The average Bonchev–Trinajstić information content (AvgIpc) is 2.37. The van der Waals surface area contributed by atoms with Crippen LogP contribution in [0.5, 0.6) is 0 Å². The predicted octanol–water partition coefficient (Wildman–Crippen LogP) is 3.10. The number of rotatable bonds is 5. The van der Waals surface area contributed by atoms with E-state index in [0.717, 1.165) is 18.5 Å². The lowest BCUT2D eigenvalue weighted by Crippen LogP contribution is -2.30. The van der Waals surface area contributed by atoms with Crippen molar-refractivity contribution in [3.05, 3.63) is 29.8 Å². The van der Waals surface area contributed by atoms with Crippen LogP contribution >= 0.6 is 0 Å². The largest absolute Gasteiger partial charge is 0.465 e. The molecule has 0 spiro atoms. The maximum Gasteiger partial charge on any atom is 0.339 e. The number of para-hydroxylation sites is 1. The van der Waals surface area contributed by atoms with E-state index in [1.54, 1.807) is 6.07 Å². The molecule has 0 heterocycles. The third-order valence-corrected chi connectivity index (χ3v) is 3.06. The zero-order valence-electron chi connectivity index (χ0n) is 11.1. The summed E-state index contributed by atoms with van der Waals surface area (Å²) in [6, 6.07) is 7.96. The van der Waals surface area contributed by atoms with Gasteiger partial charge in [-0.25, -0.2) is 4.79 Å². The fourth-order valence-corrected chi connectivity index (χ4v) is 1.91. The number of hydrogen-bond donors (Lipinski definition) is 0. The summed E-state index contributed by atoms with van der Waals surface area (Å²) in [5, 5.41) is 0. The molecule has 0 aromatic heterocycles. The van der Waals surface area contributed by atoms with Gasteiger partial charge in [0.25, 0.3) is 0 Å². The molecule has 1 atom stereocenters. The third kappa shape index (κ3) is 3.22. The van der Waals surface area contributed by atoms with Gasteiger partial charge in [-0.1, -0.05) is 25.5 Å². The van der Waals surface area contributed by atoms with Gasteiger partial charge >= 0.3 is 5.97 Å². The van der Waals surface area contributed by atoms with Crippen LogP contribution < -0.4 is 4.90 Å². The van der Waals surface area contributed by atoms with Gasteiger partial charge in [-0.15, -0.1) is 0 Å². The van der Waals surface area contributed by atoms with E-state index in [1.807, 2.05) is 25.2 Å². The molecule has 0 fully saturated rings. The number of methoxy groups -OCH3 is 1. The van der Waals surface area contributed by atoms with Crippen molar-refractivity contribution < 1.29 is 9.53 Å². The summed E-state index contributed by atoms with van der Waals surface area (Å²) in [7, 11) is 3.43. The quantitative estimate of drug-likeness (QED) is 0.734. The van der Waals surface area contributed by atoms with Crippen LogP contribution in [0, 0.1) is 0 Å². The number of carbonyl (C=O) groups is 1. The minimum atomic E-state index is -0.281. The van der Waals surface area contributed by atoms with Crippen molar-refractivity contribution >= 4 is 11.7 Å². The normalized spacial score (nSPS) is 12.0. The molecule has 1 aromatic carbocycles. The molecule has 94 valence electrons. The highest BCUT2D eigenvalue weighted by atomic mass is 16.5. The average molecular weight is 235 g/mol. The standard InChI is InChI=1S/C14H21NO2/c1-5-8-11(2)15(3)13-10-7-6-9-12(13)14(16)17-4/h6-7,9-11H,5,8H2,1-4H3. The van der Waals surface area contributed by atoms with Gasteiger partial charge in [0.2, 0.25) is 0 Å². The zero-order valence-corrected chi connectivity index (χ0v) is 11.1. The number of ether oxygens (including phenoxy) is 1. The summed E-state index contributed by atoms with van der Waals surface area (Å²) in [6.45, 7) is 4.33. The Morgan fingerprint density at radius 3 is 2.65 bits per heavy atom. The van der Waals surface area contributed by atoms with Gasteiger partial charge in [0.05, 0.1) is 18.4 Å². The summed E-state index contributed by atoms with van der Waals surface area (Å²) >= 11 is 0. The number of anilines is 1. The minimum absolute atomic E-state index is 0.281. The zero-order chi connectivity index (χ0) is 12.8. The number of carbonyl (C=O) groups excluding carboxylic acids is 1. The van der Waals surface area contributed by atoms with Crippen LogP contribution in [0.15, 0.2) is 24.3 Å². The van der Waals surface area contributed by atoms with E-state index in [0.29, 0.717) is 11.6 Å². The van der Waals surface area contributed by atoms with Crippen LogP contribution in [0.1, 0.15) is 37.0 Å². The highest BCUT2D eigenvalue weighted by Gasteiger charge is 2.17. The molecular formula is C14H21NO2. The Bertz CT molecular complexity index is 376. The fourth-order valence-electron chi connectivity index (χ4n) is 1.91. The Morgan fingerprint density at radius 2 is 2.06 bits per heavy atom. The molecule has 0 radical (unpaired) electrons. The maximum absolute atomic E-state index is 11.7. The first-order valence-corrected chi connectivity index (χ1v) is 6.02. The van der Waals surface area contributed by atoms with E-state index < -0.39 is 0 Å². The van der Waals surface area contributed by atoms with Crippen LogP contribution in [-0.2, 0) is 4.74 Å². The molecule has 0 saturated carbocycles. The van der Waals surface area contributed by atoms with Crippen molar-refractivity contribution in [2.45, 2.75) is 32.7 Å². The van der Waals surface area contributed by atoms with E-state index in [9.17, 15) is 4.79 Å². The molecule has 0 aliphatic heterocycles. The topological polar surface area (TPSA) is 29.5 Å². The Morgan fingerprint density at radius 1 is 1.41 bits per heavy atom. The van der Waals surface area contributed by atoms with Crippen molar-refractivity contribution in [3.8, 4) is 0 Å². The van der Waals surface area contributed by atoms with Crippen molar-refractivity contribution in [1.29, 1.82) is 0 Å². The lowest BCUT2D eigenvalue weighted by atomic mass is 10.1. The number of hydrogen-bond acceptors (Lipinski definition) is 3. The van der Waals surface area contributed by atoms with Crippen molar-refractivity contribution in [1.82, 2.24) is 0 Å². The molecule has 0 aliphatic rings. The van der Waals surface area contributed by atoms with Crippen LogP contribution in [0.4, 0.5) is 5.69 Å². The van der Waals surface area contributed by atoms with Gasteiger partial charge in [0, 0.05) is 13.1 Å². The second-order valence-corrected chi connectivity index (χ2v) is 4.26. The van der Waals surface area contributed by atoms with Crippen LogP contribution in [0.25, 0.3) is 0 Å². The fraction of sp³-hybridized carbons (Fsp3) is 0.500. The Kier molecular flexibility index (Phi) is 5.01. The Hall–Kier alpha value is -1.51. The Balaban J connectivity index is 3.00. The smallest absolute Gasteiger partial charge is 0.339 e. The van der Waals surface area contributed by atoms with E-state index >= 15 is 0 Å². The number of nitrogens with zero attached hydrogens (tertiary/aromatic N) is 1. The predicted molar refractivity (Wildman–Crippen MR) is 70.6 cm³/mol. The summed E-state index contributed by atoms with van der Waals surface area (Å²) in [5.74, 6) is -0.281. The van der Waals surface area contributed by atoms with Crippen LogP contribution in [-0.4, -0.2) is 26.2 Å². The maximum atomic E-state index is 11.7. The minimum Gasteiger partial charge on any atom is -0.465 e. The molecular weight excluding hydrogens is 214 g/mol. The summed E-state index contributed by atoms with van der Waals surface area (Å²) < 4.78 is 4.80. The summed E-state index contributed by atoms with van der Waals surface area (Å²) in [4.78, 5) is 13.8. The van der Waals surface area contributed by atoms with E-state index in [4.69, 9.17) is 4.74 Å². The summed E-state index contributed by atoms with van der Waals surface area (Å²) in [6.07, 6.45) is 2.23. The monoisotopic (exact) mass is 235 g/mol. The molecule has 17 heavy (non-hydrogen) atoms. The number of benzene rings is 1. The van der Waals surface area contributed by atoms with Crippen molar-refractivity contribution in [2.24, 2.45) is 0 Å². The molecule has 1 aromatic rings. The molecule has 1 rings (SSSR count). The van der Waals surface area contributed by atoms with Gasteiger partial charge in [-0.05, 0) is 25.5 Å². The first kappa shape index (κ1) is 13.6. The molecule has 0 aliphatic carbocycles. The molecule has 0 saturated heterocycles. The Labute approximate surface area is 103 Å². The van der Waals surface area contributed by atoms with Crippen LogP contribution in [0.3, 0.4) is 0 Å². The molecule has 0 N–H and O–H groups in total. The lowest BCUT2D eigenvalue weighted by Gasteiger charge is -2.28. The van der Waals surface area contributed by atoms with Gasteiger partial charge in [-0.3, -0.25) is 0 Å². The number of esters is 1. The van der Waals surface area contributed by atoms with Crippen molar-refractivity contribution in [3.63, 3.8) is 0 Å². The molecule has 0 amide bonds. The van der Waals surface area contributed by atoms with Crippen molar-refractivity contribution in [2.75, 3.05) is 19.1 Å². The SMILES string of the molecule is CCCC(C)N(C)c1ccccc1C(=O)OC. The summed E-state index contributed by atoms with van der Waals surface area (Å²) in [5.41, 5.74) is 1.56. The van der Waals surface area contributed by atoms with E-state index in [-0.39, 0.29) is 5.97 Å². The molecule has 1 unspecified atom stereocenters. The van der Waals surface area contributed by atoms with Crippen LogP contribution in [0.2, 0.25) is 0 Å². The van der Waals surface area contributed by atoms with E-state index in [2.05, 4.69) is 18.7 Å². The van der Waals surface area contributed by atoms with Gasteiger partial charge in [-0.2, -0.15) is 0 Å². The second kappa shape index (κ2) is 6.28. The molecule has 3 heteroatoms. The molecule has 0 bridgehead atoms. The van der Waals surface area contributed by atoms with E-state index in [1.165, 1.54) is 7.11 Å².